The van der Waals surface area contributed by atoms with E-state index in [1.807, 2.05) is 16.0 Å². The van der Waals surface area contributed by atoms with Gasteiger partial charge in [-0.15, -0.1) is 11.3 Å². The van der Waals surface area contributed by atoms with E-state index in [4.69, 9.17) is 5.73 Å². The summed E-state index contributed by atoms with van der Waals surface area (Å²) in [6, 6.07) is 1.47. The molecular formula is C12H13N5OS2. The van der Waals surface area contributed by atoms with Crippen molar-refractivity contribution in [3.05, 3.63) is 39.4 Å². The third-order valence-electron chi connectivity index (χ3n) is 2.75. The van der Waals surface area contributed by atoms with Crippen LogP contribution in [0.4, 0.5) is 0 Å². The summed E-state index contributed by atoms with van der Waals surface area (Å²) >= 11 is 2.94. The van der Waals surface area contributed by atoms with Crippen molar-refractivity contribution in [2.24, 2.45) is 5.73 Å². The minimum atomic E-state index is -0.151. The average molecular weight is 307 g/mol. The van der Waals surface area contributed by atoms with Gasteiger partial charge in [0, 0.05) is 29.8 Å². The van der Waals surface area contributed by atoms with Gasteiger partial charge in [-0.3, -0.25) is 9.20 Å². The van der Waals surface area contributed by atoms with Crippen molar-refractivity contribution in [1.29, 1.82) is 0 Å². The first-order chi connectivity index (χ1) is 9.67. The number of nitrogens with one attached hydrogen (secondary N) is 1. The van der Waals surface area contributed by atoms with Crippen molar-refractivity contribution in [3.8, 4) is 0 Å². The Hall–Kier alpha value is -1.64. The first-order valence-electron chi connectivity index (χ1n) is 6.07. The molecule has 0 aromatic carbocycles. The number of rotatable bonds is 4. The van der Waals surface area contributed by atoms with Crippen molar-refractivity contribution in [2.75, 3.05) is 6.54 Å². The molecule has 0 unspecified atom stereocenters. The van der Waals surface area contributed by atoms with Crippen molar-refractivity contribution in [3.63, 3.8) is 0 Å². The van der Waals surface area contributed by atoms with Crippen LogP contribution >= 0.6 is 23.1 Å². The van der Waals surface area contributed by atoms with E-state index in [0.717, 1.165) is 22.1 Å². The van der Waals surface area contributed by atoms with Gasteiger partial charge in [-0.25, -0.2) is 9.97 Å². The SMILES string of the molecule is Cc1cc(=O)[nH]c(Sc2nc3sccn3c2CCN)n1. The number of nitrogens with two attached hydrogens (primary N) is 1. The Bertz CT molecular complexity index is 804. The minimum Gasteiger partial charge on any atom is -0.330 e. The summed E-state index contributed by atoms with van der Waals surface area (Å²) in [7, 11) is 0. The standard InChI is InChI=1S/C12H13N5OS2/c1-7-6-9(18)15-11(14-7)20-10-8(2-3-13)17-4-5-19-12(17)16-10/h4-6H,2-3,13H2,1H3,(H,14,15,18). The summed E-state index contributed by atoms with van der Waals surface area (Å²) in [4.78, 5) is 24.0. The number of fused-ring (bicyclic) bond motifs is 1. The number of H-pyrrole nitrogens is 1. The third-order valence-corrected chi connectivity index (χ3v) is 4.41. The lowest BCUT2D eigenvalue weighted by molar-refractivity contribution is 0.869. The van der Waals surface area contributed by atoms with Crippen LogP contribution in [0.5, 0.6) is 0 Å². The van der Waals surface area contributed by atoms with Gasteiger partial charge in [0.05, 0.1) is 5.69 Å². The Morgan fingerprint density at radius 3 is 3.10 bits per heavy atom. The zero-order valence-electron chi connectivity index (χ0n) is 10.8. The van der Waals surface area contributed by atoms with Gasteiger partial charge in [0.2, 0.25) is 0 Å². The molecule has 0 saturated heterocycles. The molecule has 0 radical (unpaired) electrons. The number of imidazole rings is 1. The highest BCUT2D eigenvalue weighted by Crippen LogP contribution is 2.29. The molecule has 104 valence electrons. The highest BCUT2D eigenvalue weighted by Gasteiger charge is 2.15. The van der Waals surface area contributed by atoms with E-state index in [1.54, 1.807) is 18.3 Å². The van der Waals surface area contributed by atoms with Crippen LogP contribution in [0.15, 0.2) is 32.6 Å². The molecule has 0 saturated carbocycles. The molecule has 3 rings (SSSR count). The quantitative estimate of drug-likeness (QED) is 0.712. The molecule has 0 atom stereocenters. The lowest BCUT2D eigenvalue weighted by atomic mass is 10.3. The molecule has 0 bridgehead atoms. The van der Waals surface area contributed by atoms with Crippen LogP contribution in [0, 0.1) is 6.92 Å². The largest absolute Gasteiger partial charge is 0.330 e. The van der Waals surface area contributed by atoms with Crippen molar-refractivity contribution < 1.29 is 0 Å². The van der Waals surface area contributed by atoms with E-state index in [9.17, 15) is 4.79 Å². The predicted octanol–water partition coefficient (Wildman–Crippen LogP) is 1.44. The lowest BCUT2D eigenvalue weighted by Crippen LogP contribution is -2.09. The van der Waals surface area contributed by atoms with Crippen molar-refractivity contribution in [2.45, 2.75) is 23.5 Å². The molecule has 0 amide bonds. The van der Waals surface area contributed by atoms with Crippen LogP contribution in [0.25, 0.3) is 4.96 Å². The topological polar surface area (TPSA) is 89.1 Å². The Morgan fingerprint density at radius 1 is 1.50 bits per heavy atom. The normalized spacial score (nSPS) is 11.3. The molecule has 3 heterocycles. The van der Waals surface area contributed by atoms with E-state index in [-0.39, 0.29) is 5.56 Å². The second-order valence-corrected chi connectivity index (χ2v) is 6.10. The van der Waals surface area contributed by atoms with Gasteiger partial charge in [0.1, 0.15) is 5.03 Å². The van der Waals surface area contributed by atoms with Gasteiger partial charge in [-0.2, -0.15) is 0 Å². The molecule has 0 fully saturated rings. The molecule has 0 aliphatic rings. The van der Waals surface area contributed by atoms with Gasteiger partial charge < -0.3 is 10.7 Å². The molecule has 3 aromatic heterocycles. The summed E-state index contributed by atoms with van der Waals surface area (Å²) in [5.41, 5.74) is 7.26. The van der Waals surface area contributed by atoms with Crippen LogP contribution in [-0.2, 0) is 6.42 Å². The molecule has 3 aromatic rings. The molecule has 8 heteroatoms. The van der Waals surface area contributed by atoms with Crippen LogP contribution in [0.2, 0.25) is 0 Å². The van der Waals surface area contributed by atoms with Crippen LogP contribution in [-0.4, -0.2) is 25.9 Å². The second kappa shape index (κ2) is 5.39. The van der Waals surface area contributed by atoms with Gasteiger partial charge in [-0.1, -0.05) is 0 Å². The number of hydrogen-bond acceptors (Lipinski definition) is 6. The highest BCUT2D eigenvalue weighted by atomic mass is 32.2. The summed E-state index contributed by atoms with van der Waals surface area (Å²) in [6.07, 6.45) is 2.71. The van der Waals surface area contributed by atoms with Gasteiger partial charge in [0.15, 0.2) is 10.1 Å². The fourth-order valence-corrected chi connectivity index (χ4v) is 3.72. The number of aryl methyl sites for hydroxylation is 1. The monoisotopic (exact) mass is 307 g/mol. The Labute approximate surface area is 123 Å². The molecule has 0 aliphatic heterocycles. The van der Waals surface area contributed by atoms with E-state index in [2.05, 4.69) is 15.0 Å². The van der Waals surface area contributed by atoms with Gasteiger partial charge in [-0.05, 0) is 25.2 Å². The maximum atomic E-state index is 11.5. The van der Waals surface area contributed by atoms with E-state index in [0.29, 0.717) is 17.4 Å². The number of thiazole rings is 1. The Morgan fingerprint density at radius 2 is 2.35 bits per heavy atom. The van der Waals surface area contributed by atoms with Crippen molar-refractivity contribution in [1.82, 2.24) is 19.4 Å². The fourth-order valence-electron chi connectivity index (χ4n) is 1.95. The lowest BCUT2D eigenvalue weighted by Gasteiger charge is -2.02. The number of aromatic nitrogens is 4. The number of nitrogens with zero attached hydrogens (tertiary/aromatic N) is 3. The Kier molecular flexibility index (Phi) is 3.60. The molecule has 6 nitrogen and oxygen atoms in total. The number of hydrogen-bond donors (Lipinski definition) is 2. The zero-order chi connectivity index (χ0) is 14.1. The highest BCUT2D eigenvalue weighted by molar-refractivity contribution is 7.99. The molecule has 20 heavy (non-hydrogen) atoms. The summed E-state index contributed by atoms with van der Waals surface area (Å²) in [6.45, 7) is 2.35. The average Bonchev–Trinajstić information content (AvgIpc) is 2.92. The van der Waals surface area contributed by atoms with Gasteiger partial charge >= 0.3 is 0 Å². The zero-order valence-corrected chi connectivity index (χ0v) is 12.4. The van der Waals surface area contributed by atoms with Crippen LogP contribution in [0.3, 0.4) is 0 Å². The van der Waals surface area contributed by atoms with Crippen molar-refractivity contribution >= 4 is 28.1 Å². The first kappa shape index (κ1) is 13.3. The summed E-state index contributed by atoms with van der Waals surface area (Å²) in [5.74, 6) is 0. The van der Waals surface area contributed by atoms with E-state index < -0.39 is 0 Å². The van der Waals surface area contributed by atoms with Gasteiger partial charge in [0.25, 0.3) is 5.56 Å². The van der Waals surface area contributed by atoms with E-state index in [1.165, 1.54) is 17.8 Å². The summed E-state index contributed by atoms with van der Waals surface area (Å²) < 4.78 is 2.04. The molecular weight excluding hydrogens is 294 g/mol. The minimum absolute atomic E-state index is 0.151. The molecule has 3 N–H and O–H groups in total. The predicted molar refractivity (Wildman–Crippen MR) is 79.5 cm³/mol. The van der Waals surface area contributed by atoms with E-state index >= 15 is 0 Å². The number of aromatic amines is 1. The second-order valence-electron chi connectivity index (χ2n) is 4.25. The summed E-state index contributed by atoms with van der Waals surface area (Å²) in [5, 5.41) is 3.39. The maximum absolute atomic E-state index is 11.5. The Balaban J connectivity index is 2.03. The third kappa shape index (κ3) is 2.49. The first-order valence-corrected chi connectivity index (χ1v) is 7.77. The van der Waals surface area contributed by atoms with Crippen LogP contribution in [0.1, 0.15) is 11.4 Å². The smallest absolute Gasteiger partial charge is 0.251 e. The molecule has 0 aliphatic carbocycles. The fraction of sp³-hybridized carbons (Fsp3) is 0.250. The molecule has 0 spiro atoms. The maximum Gasteiger partial charge on any atom is 0.251 e. The van der Waals surface area contributed by atoms with Crippen LogP contribution < -0.4 is 11.3 Å².